The van der Waals surface area contributed by atoms with Crippen molar-refractivity contribution in [3.63, 3.8) is 0 Å². The quantitative estimate of drug-likeness (QED) is 0.785. The van der Waals surface area contributed by atoms with E-state index in [4.69, 9.17) is 5.73 Å². The summed E-state index contributed by atoms with van der Waals surface area (Å²) in [4.78, 5) is 17.9. The fraction of sp³-hybridized carbons (Fsp3) is 0.474. The molecule has 1 saturated heterocycles. The number of nitrogens with two attached hydrogens (primary N) is 1. The topological polar surface area (TPSA) is 64.2 Å². The summed E-state index contributed by atoms with van der Waals surface area (Å²) in [5.41, 5.74) is 6.74. The number of unbranched alkanes of at least 4 members (excludes halogenated alkanes) is 3. The van der Waals surface area contributed by atoms with E-state index in [-0.39, 0.29) is 5.91 Å². The molecule has 6 heteroatoms. The molecule has 1 atom stereocenters. The third-order valence-electron chi connectivity index (χ3n) is 4.72. The Labute approximate surface area is 147 Å². The van der Waals surface area contributed by atoms with Gasteiger partial charge in [-0.05, 0) is 25.0 Å². The molecule has 1 aliphatic rings. The Hall–Kier alpha value is -2.21. The molecule has 0 spiro atoms. The highest BCUT2D eigenvalue weighted by Gasteiger charge is 2.31. The molecule has 0 saturated carbocycles. The molecule has 1 fully saturated rings. The molecule has 1 aromatic carbocycles. The maximum atomic E-state index is 14.6. The van der Waals surface area contributed by atoms with Crippen LogP contribution in [0.25, 0.3) is 5.69 Å². The van der Waals surface area contributed by atoms with Crippen LogP contribution in [0.1, 0.15) is 44.9 Å². The maximum Gasteiger partial charge on any atom is 0.244 e. The first-order valence-electron chi connectivity index (χ1n) is 9.01. The van der Waals surface area contributed by atoms with Gasteiger partial charge in [0, 0.05) is 37.1 Å². The SMILES string of the molecule is CCCCCCc1nccn1-c1ccc(N2CCC(N)C2=O)c(F)c1. The molecule has 5 nitrogen and oxygen atoms in total. The first-order chi connectivity index (χ1) is 12.1. The van der Waals surface area contributed by atoms with Gasteiger partial charge < -0.3 is 15.2 Å². The van der Waals surface area contributed by atoms with Crippen LogP contribution in [0.5, 0.6) is 0 Å². The van der Waals surface area contributed by atoms with Gasteiger partial charge in [0.25, 0.3) is 0 Å². The Bertz CT molecular complexity index is 743. The smallest absolute Gasteiger partial charge is 0.244 e. The van der Waals surface area contributed by atoms with Crippen molar-refractivity contribution in [3.8, 4) is 5.69 Å². The molecular weight excluding hydrogens is 319 g/mol. The van der Waals surface area contributed by atoms with Gasteiger partial charge in [-0.1, -0.05) is 26.2 Å². The average molecular weight is 344 g/mol. The maximum absolute atomic E-state index is 14.6. The van der Waals surface area contributed by atoms with Crippen LogP contribution in [0.15, 0.2) is 30.6 Å². The van der Waals surface area contributed by atoms with Crippen LogP contribution in [0.3, 0.4) is 0 Å². The van der Waals surface area contributed by atoms with Crippen LogP contribution >= 0.6 is 0 Å². The minimum absolute atomic E-state index is 0.217. The fourth-order valence-corrected chi connectivity index (χ4v) is 3.27. The Morgan fingerprint density at radius 3 is 2.84 bits per heavy atom. The molecule has 2 aromatic rings. The number of carbonyl (C=O) groups is 1. The van der Waals surface area contributed by atoms with Crippen molar-refractivity contribution < 1.29 is 9.18 Å². The molecule has 25 heavy (non-hydrogen) atoms. The molecule has 3 rings (SSSR count). The Morgan fingerprint density at radius 1 is 1.32 bits per heavy atom. The lowest BCUT2D eigenvalue weighted by atomic mass is 10.1. The number of amides is 1. The van der Waals surface area contributed by atoms with Crippen molar-refractivity contribution >= 4 is 11.6 Å². The number of anilines is 1. The van der Waals surface area contributed by atoms with Gasteiger partial charge in [0.1, 0.15) is 11.6 Å². The van der Waals surface area contributed by atoms with E-state index in [0.29, 0.717) is 18.7 Å². The standard InChI is InChI=1S/C19H25FN4O/c1-2-3-4-5-6-18-22-10-12-23(18)14-7-8-17(15(20)13-14)24-11-9-16(21)19(24)25/h7-8,10,12-13,16H,2-6,9,11,21H2,1H3. The summed E-state index contributed by atoms with van der Waals surface area (Å²) in [6.45, 7) is 2.65. The summed E-state index contributed by atoms with van der Waals surface area (Å²) in [5.74, 6) is 0.305. The predicted molar refractivity (Wildman–Crippen MR) is 96.3 cm³/mol. The number of hydrogen-bond donors (Lipinski definition) is 1. The minimum atomic E-state index is -0.526. The second-order valence-corrected chi connectivity index (χ2v) is 6.54. The van der Waals surface area contributed by atoms with Crippen molar-refractivity contribution in [3.05, 3.63) is 42.2 Å². The highest BCUT2D eigenvalue weighted by Crippen LogP contribution is 2.26. The monoisotopic (exact) mass is 344 g/mol. The van der Waals surface area contributed by atoms with E-state index in [1.807, 2.05) is 16.8 Å². The highest BCUT2D eigenvalue weighted by molar-refractivity contribution is 5.99. The summed E-state index contributed by atoms with van der Waals surface area (Å²) in [6, 6.07) is 4.42. The first kappa shape index (κ1) is 17.6. The lowest BCUT2D eigenvalue weighted by Crippen LogP contribution is -2.34. The lowest BCUT2D eigenvalue weighted by Gasteiger charge is -2.18. The van der Waals surface area contributed by atoms with Crippen LogP contribution in [-0.2, 0) is 11.2 Å². The summed E-state index contributed by atoms with van der Waals surface area (Å²) in [6.07, 6.45) is 9.68. The predicted octanol–water partition coefficient (Wildman–Crippen LogP) is 3.20. The van der Waals surface area contributed by atoms with Gasteiger partial charge in [-0.2, -0.15) is 0 Å². The number of rotatable bonds is 7. The van der Waals surface area contributed by atoms with Crippen molar-refractivity contribution in [2.45, 2.75) is 51.5 Å². The van der Waals surface area contributed by atoms with Gasteiger partial charge in [-0.25, -0.2) is 9.37 Å². The zero-order chi connectivity index (χ0) is 17.8. The second-order valence-electron chi connectivity index (χ2n) is 6.54. The van der Waals surface area contributed by atoms with Crippen molar-refractivity contribution in [2.24, 2.45) is 5.73 Å². The lowest BCUT2D eigenvalue weighted by molar-refractivity contribution is -0.118. The zero-order valence-corrected chi connectivity index (χ0v) is 14.6. The molecule has 1 aliphatic heterocycles. The summed E-state index contributed by atoms with van der Waals surface area (Å²) < 4.78 is 16.5. The van der Waals surface area contributed by atoms with E-state index in [9.17, 15) is 9.18 Å². The number of imidazole rings is 1. The van der Waals surface area contributed by atoms with Crippen LogP contribution in [-0.4, -0.2) is 28.0 Å². The second kappa shape index (κ2) is 7.78. The third kappa shape index (κ3) is 3.74. The summed E-state index contributed by atoms with van der Waals surface area (Å²) in [5, 5.41) is 0. The molecule has 1 amide bonds. The molecule has 0 bridgehead atoms. The third-order valence-corrected chi connectivity index (χ3v) is 4.72. The molecule has 1 aromatic heterocycles. The van der Waals surface area contributed by atoms with Crippen LogP contribution < -0.4 is 10.6 Å². The van der Waals surface area contributed by atoms with Crippen molar-refractivity contribution in [2.75, 3.05) is 11.4 Å². The number of aryl methyl sites for hydroxylation is 1. The Morgan fingerprint density at radius 2 is 2.16 bits per heavy atom. The van der Waals surface area contributed by atoms with E-state index in [1.165, 1.54) is 30.2 Å². The van der Waals surface area contributed by atoms with Crippen molar-refractivity contribution in [1.82, 2.24) is 9.55 Å². The number of aromatic nitrogens is 2. The van der Waals surface area contributed by atoms with E-state index in [2.05, 4.69) is 11.9 Å². The van der Waals surface area contributed by atoms with E-state index < -0.39 is 11.9 Å². The van der Waals surface area contributed by atoms with E-state index in [1.54, 1.807) is 12.3 Å². The number of halogens is 1. The molecule has 0 radical (unpaired) electrons. The van der Waals surface area contributed by atoms with E-state index in [0.717, 1.165) is 24.4 Å². The fourth-order valence-electron chi connectivity index (χ4n) is 3.27. The summed E-state index contributed by atoms with van der Waals surface area (Å²) >= 11 is 0. The van der Waals surface area contributed by atoms with Gasteiger partial charge in [-0.3, -0.25) is 4.79 Å². The van der Waals surface area contributed by atoms with Crippen LogP contribution in [0, 0.1) is 5.82 Å². The molecule has 1 unspecified atom stereocenters. The van der Waals surface area contributed by atoms with Gasteiger partial charge in [0.15, 0.2) is 0 Å². The first-order valence-corrected chi connectivity index (χ1v) is 9.01. The number of carbonyl (C=O) groups excluding carboxylic acids is 1. The van der Waals surface area contributed by atoms with Gasteiger partial charge in [0.2, 0.25) is 5.91 Å². The Kier molecular flexibility index (Phi) is 5.48. The summed E-state index contributed by atoms with van der Waals surface area (Å²) in [7, 11) is 0. The Balaban J connectivity index is 1.77. The molecule has 2 N–H and O–H groups in total. The van der Waals surface area contributed by atoms with E-state index >= 15 is 0 Å². The van der Waals surface area contributed by atoms with Crippen LogP contribution in [0.4, 0.5) is 10.1 Å². The highest BCUT2D eigenvalue weighted by atomic mass is 19.1. The van der Waals surface area contributed by atoms with Gasteiger partial charge >= 0.3 is 0 Å². The normalized spacial score (nSPS) is 17.5. The molecule has 134 valence electrons. The molecular formula is C19H25FN4O. The van der Waals surface area contributed by atoms with Gasteiger partial charge in [-0.15, -0.1) is 0 Å². The number of hydrogen-bond acceptors (Lipinski definition) is 3. The zero-order valence-electron chi connectivity index (χ0n) is 14.6. The number of benzene rings is 1. The molecule has 2 heterocycles. The average Bonchev–Trinajstić information content (AvgIpc) is 3.20. The minimum Gasteiger partial charge on any atom is -0.320 e. The largest absolute Gasteiger partial charge is 0.320 e. The van der Waals surface area contributed by atoms with Crippen molar-refractivity contribution in [1.29, 1.82) is 0 Å². The van der Waals surface area contributed by atoms with Crippen LogP contribution in [0.2, 0.25) is 0 Å². The van der Waals surface area contributed by atoms with Gasteiger partial charge in [0.05, 0.1) is 11.7 Å². The molecule has 0 aliphatic carbocycles. The number of nitrogens with zero attached hydrogens (tertiary/aromatic N) is 3.